The van der Waals surface area contributed by atoms with Crippen LogP contribution in [0.5, 0.6) is 0 Å². The minimum Gasteiger partial charge on any atom is -0.353 e. The van der Waals surface area contributed by atoms with Crippen molar-refractivity contribution < 1.29 is 19.2 Å². The average Bonchev–Trinajstić information content (AvgIpc) is 4.00. The summed E-state index contributed by atoms with van der Waals surface area (Å²) >= 11 is 0. The second kappa shape index (κ2) is 14.4. The zero-order valence-electron chi connectivity index (χ0n) is 32.8. The molecule has 3 aliphatic rings. The van der Waals surface area contributed by atoms with Gasteiger partial charge in [0.1, 0.15) is 11.4 Å². The van der Waals surface area contributed by atoms with Crippen molar-refractivity contribution in [1.82, 2.24) is 39.5 Å². The summed E-state index contributed by atoms with van der Waals surface area (Å²) in [6.07, 6.45) is 1.30. The highest BCUT2D eigenvalue weighted by Crippen LogP contribution is 2.40. The number of aromatic nitrogens is 4. The number of piperazine rings is 1. The highest BCUT2D eigenvalue weighted by Gasteiger charge is 2.41. The molecule has 0 spiro atoms. The Hall–Kier alpha value is -7.02. The van der Waals surface area contributed by atoms with Crippen molar-refractivity contribution in [3.8, 4) is 22.5 Å². The van der Waals surface area contributed by atoms with E-state index in [1.54, 1.807) is 0 Å². The lowest BCUT2D eigenvalue weighted by Crippen LogP contribution is -2.47. The number of nitrogens with zero attached hydrogens (tertiary/aromatic N) is 6. The maximum atomic E-state index is 14.0. The highest BCUT2D eigenvalue weighted by atomic mass is 16.2. The summed E-state index contributed by atoms with van der Waals surface area (Å²) in [5, 5.41) is 3.29. The molecule has 0 aliphatic carbocycles. The number of imide groups is 2. The van der Waals surface area contributed by atoms with Crippen LogP contribution in [-0.4, -0.2) is 116 Å². The summed E-state index contributed by atoms with van der Waals surface area (Å²) in [5.41, 5.74) is 7.54. The van der Waals surface area contributed by atoms with E-state index in [1.165, 1.54) is 9.80 Å². The van der Waals surface area contributed by atoms with Crippen molar-refractivity contribution in [2.75, 3.05) is 52.4 Å². The third-order valence-electron chi connectivity index (χ3n) is 12.4. The molecule has 0 radical (unpaired) electrons. The number of amides is 4. The van der Waals surface area contributed by atoms with Gasteiger partial charge in [0, 0.05) is 83.0 Å². The summed E-state index contributed by atoms with van der Waals surface area (Å²) in [5.74, 6) is -1.28. The van der Waals surface area contributed by atoms with Gasteiger partial charge in [-0.05, 0) is 38.1 Å². The molecule has 12 heteroatoms. The molecule has 1 saturated heterocycles. The molecule has 3 aliphatic heterocycles. The lowest BCUT2D eigenvalue weighted by Gasteiger charge is -2.35. The fraction of sp³-hybridized carbons (Fsp3) is 0.208. The van der Waals surface area contributed by atoms with E-state index in [-0.39, 0.29) is 35.0 Å². The summed E-state index contributed by atoms with van der Waals surface area (Å²) < 4.78 is 0. The first-order valence-corrected chi connectivity index (χ1v) is 20.6. The quantitative estimate of drug-likeness (QED) is 0.137. The standard InChI is InChI=1S/C48H40N8O4/c57-45-37-35-31-17-7-9-19-33(31)49-41(35)39(29-13-3-1-4-14-29)51-43(37)47(59)55(45)23-11-21-53-25-27-54(28-26-53)22-12-24-56-46(58)38-36-32-18-8-10-20-34(32)50-42(36)40(52-44(38)48(56)60)30-15-5-2-6-16-30/h1-10,13-20,49-50H,11-12,21-28H2. The first-order chi connectivity index (χ1) is 29.4. The molecule has 60 heavy (non-hydrogen) atoms. The zero-order valence-corrected chi connectivity index (χ0v) is 32.8. The second-order valence-corrected chi connectivity index (χ2v) is 15.9. The zero-order chi connectivity index (χ0) is 40.5. The second-order valence-electron chi connectivity index (χ2n) is 15.9. The van der Waals surface area contributed by atoms with Crippen LogP contribution in [-0.2, 0) is 0 Å². The van der Waals surface area contributed by atoms with Crippen molar-refractivity contribution in [3.05, 3.63) is 132 Å². The molecule has 8 aromatic rings. The Labute approximate surface area is 344 Å². The van der Waals surface area contributed by atoms with Gasteiger partial charge in [-0.25, -0.2) is 9.97 Å². The van der Waals surface area contributed by atoms with Crippen LogP contribution in [0.1, 0.15) is 54.5 Å². The Morgan fingerprint density at radius 2 is 0.817 bits per heavy atom. The van der Waals surface area contributed by atoms with Crippen LogP contribution >= 0.6 is 0 Å². The number of aromatic amines is 2. The summed E-state index contributed by atoms with van der Waals surface area (Å²) in [4.78, 5) is 79.8. The molecule has 4 aromatic heterocycles. The summed E-state index contributed by atoms with van der Waals surface area (Å²) in [7, 11) is 0. The highest BCUT2D eigenvalue weighted by molar-refractivity contribution is 6.31. The van der Waals surface area contributed by atoms with Crippen LogP contribution in [0.4, 0.5) is 0 Å². The predicted octanol–water partition coefficient (Wildman–Crippen LogP) is 7.37. The molecule has 4 aromatic carbocycles. The fourth-order valence-electron chi connectivity index (χ4n) is 9.44. The molecule has 1 fully saturated rings. The molecular formula is C48H40N8O4. The molecule has 0 saturated carbocycles. The minimum atomic E-state index is -0.347. The Morgan fingerprint density at radius 3 is 1.23 bits per heavy atom. The molecule has 0 bridgehead atoms. The van der Waals surface area contributed by atoms with E-state index < -0.39 is 0 Å². The molecule has 0 unspecified atom stereocenters. The topological polar surface area (TPSA) is 139 Å². The first-order valence-electron chi connectivity index (χ1n) is 20.6. The Balaban J connectivity index is 0.723. The SMILES string of the molecule is O=C1c2nc(-c3ccccc3)c3[nH]c4ccccc4c3c2C(=O)N1CCCN1CCN(CCCN2C(=O)c3nc(-c4ccccc4)c4[nH]c5ccccc5c4c3C2=O)CC1. The molecule has 4 amide bonds. The number of hydrogen-bond acceptors (Lipinski definition) is 8. The predicted molar refractivity (Wildman–Crippen MR) is 231 cm³/mol. The van der Waals surface area contributed by atoms with Crippen LogP contribution in [0.2, 0.25) is 0 Å². The third-order valence-corrected chi connectivity index (χ3v) is 12.4. The first kappa shape index (κ1) is 36.1. The third kappa shape index (κ3) is 5.74. The van der Waals surface area contributed by atoms with Crippen molar-refractivity contribution in [3.63, 3.8) is 0 Å². The van der Waals surface area contributed by atoms with Gasteiger partial charge >= 0.3 is 0 Å². The Morgan fingerprint density at radius 1 is 0.433 bits per heavy atom. The monoisotopic (exact) mass is 792 g/mol. The molecule has 7 heterocycles. The van der Waals surface area contributed by atoms with E-state index in [2.05, 4.69) is 19.8 Å². The number of H-pyrrole nitrogens is 2. The molecule has 296 valence electrons. The van der Waals surface area contributed by atoms with Crippen LogP contribution in [0.25, 0.3) is 66.1 Å². The summed E-state index contributed by atoms with van der Waals surface area (Å²) in [6, 6.07) is 35.2. The molecular weight excluding hydrogens is 753 g/mol. The van der Waals surface area contributed by atoms with Crippen LogP contribution in [0, 0.1) is 0 Å². The van der Waals surface area contributed by atoms with Gasteiger partial charge in [-0.1, -0.05) is 97.1 Å². The van der Waals surface area contributed by atoms with Gasteiger partial charge in [-0.2, -0.15) is 0 Å². The van der Waals surface area contributed by atoms with E-state index in [1.807, 2.05) is 109 Å². The maximum absolute atomic E-state index is 14.0. The number of carbonyl (C=O) groups excluding carboxylic acids is 4. The normalized spacial score (nSPS) is 16.1. The van der Waals surface area contributed by atoms with E-state index >= 15 is 0 Å². The average molecular weight is 793 g/mol. The molecule has 12 nitrogen and oxygen atoms in total. The fourth-order valence-corrected chi connectivity index (χ4v) is 9.44. The number of hydrogen-bond donors (Lipinski definition) is 2. The van der Waals surface area contributed by atoms with Crippen molar-refractivity contribution in [2.45, 2.75) is 12.8 Å². The number of nitrogens with one attached hydrogen (secondary N) is 2. The number of para-hydroxylation sites is 2. The molecule has 11 rings (SSSR count). The van der Waals surface area contributed by atoms with Gasteiger partial charge < -0.3 is 19.8 Å². The van der Waals surface area contributed by atoms with Gasteiger partial charge in [0.05, 0.1) is 33.5 Å². The smallest absolute Gasteiger partial charge is 0.280 e. The largest absolute Gasteiger partial charge is 0.353 e. The lowest BCUT2D eigenvalue weighted by atomic mass is 10.0. The van der Waals surface area contributed by atoms with E-state index in [0.717, 1.165) is 94.0 Å². The molecule has 0 atom stereocenters. The maximum Gasteiger partial charge on any atom is 0.280 e. The number of pyridine rings is 2. The van der Waals surface area contributed by atoms with Crippen LogP contribution in [0.15, 0.2) is 109 Å². The van der Waals surface area contributed by atoms with E-state index in [4.69, 9.17) is 9.97 Å². The van der Waals surface area contributed by atoms with Crippen molar-refractivity contribution in [2.24, 2.45) is 0 Å². The van der Waals surface area contributed by atoms with Crippen molar-refractivity contribution >= 4 is 67.2 Å². The lowest BCUT2D eigenvalue weighted by molar-refractivity contribution is 0.0615. The van der Waals surface area contributed by atoms with Gasteiger partial charge in [0.25, 0.3) is 23.6 Å². The van der Waals surface area contributed by atoms with Crippen LogP contribution < -0.4 is 0 Å². The van der Waals surface area contributed by atoms with Crippen molar-refractivity contribution in [1.29, 1.82) is 0 Å². The van der Waals surface area contributed by atoms with Gasteiger partial charge in [0.15, 0.2) is 0 Å². The minimum absolute atomic E-state index is 0.213. The number of rotatable bonds is 10. The number of fused-ring (bicyclic) bond motifs is 10. The van der Waals surface area contributed by atoms with Crippen LogP contribution in [0.3, 0.4) is 0 Å². The Bertz CT molecular complexity index is 2850. The number of carbonyl (C=O) groups is 4. The number of benzene rings is 4. The van der Waals surface area contributed by atoms with E-state index in [0.29, 0.717) is 48.4 Å². The molecule has 2 N–H and O–H groups in total. The van der Waals surface area contributed by atoms with Gasteiger partial charge in [-0.3, -0.25) is 29.0 Å². The van der Waals surface area contributed by atoms with Gasteiger partial charge in [-0.15, -0.1) is 0 Å². The van der Waals surface area contributed by atoms with E-state index in [9.17, 15) is 19.2 Å². The Kier molecular flexibility index (Phi) is 8.64. The van der Waals surface area contributed by atoms with Gasteiger partial charge in [0.2, 0.25) is 0 Å². The summed E-state index contributed by atoms with van der Waals surface area (Å²) in [6.45, 7) is 5.51.